The first kappa shape index (κ1) is 12.7. The van der Waals surface area contributed by atoms with Crippen LogP contribution in [0.5, 0.6) is 0 Å². The van der Waals surface area contributed by atoms with Crippen molar-refractivity contribution in [2.75, 3.05) is 0 Å². The first-order valence-corrected chi connectivity index (χ1v) is 6.82. The predicted molar refractivity (Wildman–Crippen MR) is 68.8 cm³/mol. The van der Waals surface area contributed by atoms with Crippen LogP contribution in [0.3, 0.4) is 0 Å². The van der Waals surface area contributed by atoms with Crippen LogP contribution in [0.2, 0.25) is 0 Å². The van der Waals surface area contributed by atoms with Gasteiger partial charge in [0, 0.05) is 13.0 Å². The van der Waals surface area contributed by atoms with Crippen LogP contribution in [0.4, 0.5) is 0 Å². The fourth-order valence-corrected chi connectivity index (χ4v) is 3.26. The summed E-state index contributed by atoms with van der Waals surface area (Å²) in [6, 6.07) is 0. The molecule has 94 valence electrons. The summed E-state index contributed by atoms with van der Waals surface area (Å²) in [6.45, 7) is 4.37. The molecule has 17 heavy (non-hydrogen) atoms. The number of aryl methyl sites for hydroxylation is 1. The van der Waals surface area contributed by atoms with Gasteiger partial charge in [0.2, 0.25) is 0 Å². The van der Waals surface area contributed by atoms with E-state index in [1.165, 1.54) is 6.42 Å². The van der Waals surface area contributed by atoms with Crippen LogP contribution in [-0.4, -0.2) is 20.8 Å². The average Bonchev–Trinajstić information content (AvgIpc) is 2.57. The van der Waals surface area contributed by atoms with E-state index < -0.39 is 0 Å². The van der Waals surface area contributed by atoms with E-state index in [2.05, 4.69) is 40.1 Å². The maximum atomic E-state index is 12.6. The summed E-state index contributed by atoms with van der Waals surface area (Å²) in [4.78, 5) is 12.6. The molecule has 0 N–H and O–H groups in total. The Kier molecular flexibility index (Phi) is 3.39. The molecule has 1 aliphatic rings. The molecule has 0 amide bonds. The third-order valence-corrected chi connectivity index (χ3v) is 4.38. The van der Waals surface area contributed by atoms with Crippen molar-refractivity contribution < 1.29 is 4.79 Å². The van der Waals surface area contributed by atoms with E-state index in [-0.39, 0.29) is 17.1 Å². The maximum absolute atomic E-state index is 12.6. The molecule has 1 heterocycles. The fourth-order valence-electron chi connectivity index (χ4n) is 2.74. The number of hydrogen-bond donors (Lipinski definition) is 0. The number of carbonyl (C=O) groups excluding carboxylic acids is 1. The molecule has 0 aromatic carbocycles. The van der Waals surface area contributed by atoms with E-state index in [0.717, 1.165) is 19.3 Å². The minimum atomic E-state index is 0.0824. The third-order valence-electron chi connectivity index (χ3n) is 3.84. The number of carbonyl (C=O) groups is 1. The largest absolute Gasteiger partial charge is 0.292 e. The first-order chi connectivity index (χ1) is 7.93. The van der Waals surface area contributed by atoms with Gasteiger partial charge >= 0.3 is 0 Å². The number of aromatic nitrogens is 3. The Hall–Kier alpha value is -0.710. The lowest BCUT2D eigenvalue weighted by molar-refractivity contribution is 0.0686. The van der Waals surface area contributed by atoms with Crippen LogP contribution in [0, 0.1) is 11.3 Å². The normalized spacial score (nSPS) is 23.6. The lowest BCUT2D eigenvalue weighted by Crippen LogP contribution is -2.35. The van der Waals surface area contributed by atoms with Crippen molar-refractivity contribution in [3.8, 4) is 0 Å². The fraction of sp³-hybridized carbons (Fsp3) is 0.750. The molecule has 0 saturated heterocycles. The topological polar surface area (TPSA) is 47.8 Å². The van der Waals surface area contributed by atoms with Gasteiger partial charge < -0.3 is 0 Å². The van der Waals surface area contributed by atoms with Gasteiger partial charge in [-0.3, -0.25) is 4.79 Å². The second kappa shape index (κ2) is 4.52. The summed E-state index contributed by atoms with van der Waals surface area (Å²) in [5.74, 6) is 0.263. The highest BCUT2D eigenvalue weighted by molar-refractivity contribution is 9.10. The van der Waals surface area contributed by atoms with Gasteiger partial charge in [-0.2, -0.15) is 0 Å². The summed E-state index contributed by atoms with van der Waals surface area (Å²) < 4.78 is 2.13. The Morgan fingerprint density at radius 2 is 2.18 bits per heavy atom. The molecule has 5 heteroatoms. The van der Waals surface area contributed by atoms with Crippen LogP contribution in [0.1, 0.15) is 50.0 Å². The van der Waals surface area contributed by atoms with Gasteiger partial charge in [-0.1, -0.05) is 31.9 Å². The van der Waals surface area contributed by atoms with Gasteiger partial charge in [-0.05, 0) is 34.2 Å². The Labute approximate surface area is 110 Å². The Morgan fingerprint density at radius 3 is 2.71 bits per heavy atom. The number of nitrogens with zero attached hydrogens (tertiary/aromatic N) is 3. The molecule has 1 unspecified atom stereocenters. The van der Waals surface area contributed by atoms with Crippen molar-refractivity contribution in [3.05, 3.63) is 10.3 Å². The summed E-state index contributed by atoms with van der Waals surface area (Å²) in [7, 11) is 1.76. The summed E-state index contributed by atoms with van der Waals surface area (Å²) >= 11 is 3.31. The second-order valence-electron chi connectivity index (χ2n) is 5.50. The quantitative estimate of drug-likeness (QED) is 0.789. The van der Waals surface area contributed by atoms with Crippen molar-refractivity contribution in [2.24, 2.45) is 18.4 Å². The highest BCUT2D eigenvalue weighted by atomic mass is 79.9. The van der Waals surface area contributed by atoms with Crippen LogP contribution < -0.4 is 0 Å². The Morgan fingerprint density at radius 1 is 1.47 bits per heavy atom. The third kappa shape index (κ3) is 2.30. The number of rotatable bonds is 2. The van der Waals surface area contributed by atoms with E-state index in [1.54, 1.807) is 11.7 Å². The molecular formula is C12H18BrN3O. The molecule has 1 saturated carbocycles. The summed E-state index contributed by atoms with van der Waals surface area (Å²) in [6.07, 6.45) is 4.46. The van der Waals surface area contributed by atoms with Crippen molar-refractivity contribution in [1.82, 2.24) is 15.0 Å². The van der Waals surface area contributed by atoms with Crippen molar-refractivity contribution in [3.63, 3.8) is 0 Å². The van der Waals surface area contributed by atoms with E-state index in [4.69, 9.17) is 0 Å². The van der Waals surface area contributed by atoms with Crippen molar-refractivity contribution >= 4 is 21.7 Å². The van der Waals surface area contributed by atoms with Gasteiger partial charge in [-0.25, -0.2) is 4.68 Å². The summed E-state index contributed by atoms with van der Waals surface area (Å²) in [5.41, 5.74) is 0.684. The highest BCUT2D eigenvalue weighted by Gasteiger charge is 2.39. The van der Waals surface area contributed by atoms with Gasteiger partial charge in [0.15, 0.2) is 10.4 Å². The van der Waals surface area contributed by atoms with Gasteiger partial charge in [0.25, 0.3) is 0 Å². The molecule has 0 aliphatic heterocycles. The molecule has 1 fully saturated rings. The Balaban J connectivity index is 2.31. The van der Waals surface area contributed by atoms with Crippen molar-refractivity contribution in [2.45, 2.75) is 39.5 Å². The number of halogens is 1. The predicted octanol–water partition coefficient (Wildman–Crippen LogP) is 2.98. The van der Waals surface area contributed by atoms with E-state index in [9.17, 15) is 4.79 Å². The first-order valence-electron chi connectivity index (χ1n) is 6.03. The minimum Gasteiger partial charge on any atom is -0.292 e. The van der Waals surface area contributed by atoms with E-state index in [0.29, 0.717) is 10.3 Å². The molecule has 1 aromatic heterocycles. The zero-order chi connectivity index (χ0) is 12.6. The monoisotopic (exact) mass is 299 g/mol. The number of ketones is 1. The second-order valence-corrected chi connectivity index (χ2v) is 6.25. The molecule has 1 aromatic rings. The van der Waals surface area contributed by atoms with Crippen molar-refractivity contribution in [1.29, 1.82) is 0 Å². The standard InChI is InChI=1S/C12H18BrN3O/c1-12(2)7-5-4-6-8(12)10(17)9-11(13)14-15-16(9)3/h8H,4-7H2,1-3H3. The SMILES string of the molecule is Cn1nnc(Br)c1C(=O)C1CCCCC1(C)C. The smallest absolute Gasteiger partial charge is 0.187 e. The lowest BCUT2D eigenvalue weighted by atomic mass is 9.67. The number of hydrogen-bond acceptors (Lipinski definition) is 3. The zero-order valence-electron chi connectivity index (χ0n) is 10.5. The van der Waals surface area contributed by atoms with Gasteiger partial charge in [0.1, 0.15) is 5.69 Å². The molecule has 2 rings (SSSR count). The molecule has 0 spiro atoms. The molecule has 0 bridgehead atoms. The van der Waals surface area contributed by atoms with E-state index in [1.807, 2.05) is 0 Å². The van der Waals surface area contributed by atoms with Crippen LogP contribution in [0.25, 0.3) is 0 Å². The average molecular weight is 300 g/mol. The number of Topliss-reactive ketones (excluding diaryl/α,β-unsaturated/α-hetero) is 1. The molecular weight excluding hydrogens is 282 g/mol. The molecule has 1 aliphatic carbocycles. The molecule has 0 radical (unpaired) electrons. The highest BCUT2D eigenvalue weighted by Crippen LogP contribution is 2.42. The molecule has 1 atom stereocenters. The summed E-state index contributed by atoms with van der Waals surface area (Å²) in [5, 5.41) is 7.77. The van der Waals surface area contributed by atoms with Crippen LogP contribution in [-0.2, 0) is 7.05 Å². The molecule has 4 nitrogen and oxygen atoms in total. The van der Waals surface area contributed by atoms with Crippen LogP contribution in [0.15, 0.2) is 4.60 Å². The lowest BCUT2D eigenvalue weighted by Gasteiger charge is -2.37. The zero-order valence-corrected chi connectivity index (χ0v) is 12.1. The maximum Gasteiger partial charge on any atom is 0.187 e. The Bertz CT molecular complexity index is 419. The van der Waals surface area contributed by atoms with Gasteiger partial charge in [0.05, 0.1) is 0 Å². The van der Waals surface area contributed by atoms with E-state index >= 15 is 0 Å². The minimum absolute atomic E-state index is 0.0824. The van der Waals surface area contributed by atoms with Crippen LogP contribution >= 0.6 is 15.9 Å². The van der Waals surface area contributed by atoms with Gasteiger partial charge in [-0.15, -0.1) is 5.10 Å².